The van der Waals surface area contributed by atoms with Crippen LogP contribution >= 0.6 is 11.6 Å². The van der Waals surface area contributed by atoms with Gasteiger partial charge in [0.1, 0.15) is 0 Å². The zero-order valence-electron chi connectivity index (χ0n) is 15.0. The normalized spacial score (nSPS) is 10.8. The van der Waals surface area contributed by atoms with Crippen molar-refractivity contribution >= 4 is 34.7 Å². The molecule has 1 amide bonds. The molecule has 0 bridgehead atoms. The number of amides is 1. The van der Waals surface area contributed by atoms with Crippen molar-refractivity contribution in [2.75, 3.05) is 12.4 Å². The molecule has 0 saturated carbocycles. The van der Waals surface area contributed by atoms with Gasteiger partial charge in [-0.15, -0.1) is 15.3 Å². The lowest BCUT2D eigenvalue weighted by Gasteiger charge is -2.15. The molecular weight excluding hydrogens is 378 g/mol. The smallest absolute Gasteiger partial charge is 0.255 e. The summed E-state index contributed by atoms with van der Waals surface area (Å²) in [5.41, 5.74) is 1.92. The number of aromatic nitrogens is 5. The quantitative estimate of drug-likeness (QED) is 0.560. The predicted molar refractivity (Wildman–Crippen MR) is 106 cm³/mol. The van der Waals surface area contributed by atoms with E-state index in [9.17, 15) is 4.79 Å². The van der Waals surface area contributed by atoms with Crippen molar-refractivity contribution in [2.45, 2.75) is 6.54 Å². The zero-order valence-corrected chi connectivity index (χ0v) is 15.7. The average Bonchev–Trinajstić information content (AvgIpc) is 3.10. The van der Waals surface area contributed by atoms with Gasteiger partial charge in [-0.2, -0.15) is 4.52 Å². The number of carbonyl (C=O) groups excluding carboxylic acids is 1. The number of halogens is 1. The Morgan fingerprint density at radius 3 is 2.86 bits per heavy atom. The first-order valence-corrected chi connectivity index (χ1v) is 8.87. The van der Waals surface area contributed by atoms with Crippen LogP contribution in [0.1, 0.15) is 16.2 Å². The number of benzene rings is 1. The third-order valence-corrected chi connectivity index (χ3v) is 4.29. The first-order valence-electron chi connectivity index (χ1n) is 8.49. The van der Waals surface area contributed by atoms with Gasteiger partial charge in [0, 0.05) is 30.2 Å². The first-order chi connectivity index (χ1) is 13.6. The summed E-state index contributed by atoms with van der Waals surface area (Å²) in [6.45, 7) is 0.252. The van der Waals surface area contributed by atoms with Gasteiger partial charge in [0.2, 0.25) is 0 Å². The summed E-state index contributed by atoms with van der Waals surface area (Å²) in [6.07, 6.45) is 3.16. The Labute approximate surface area is 165 Å². The van der Waals surface area contributed by atoms with Gasteiger partial charge >= 0.3 is 0 Å². The van der Waals surface area contributed by atoms with Crippen LogP contribution in [0, 0.1) is 0 Å². The van der Waals surface area contributed by atoms with Crippen LogP contribution in [0.15, 0.2) is 60.9 Å². The number of rotatable bonds is 5. The average molecular weight is 394 g/mol. The molecule has 1 N–H and O–H groups in total. The lowest BCUT2D eigenvalue weighted by Crippen LogP contribution is -2.27. The molecular formula is C19H16ClN7O. The number of nitrogens with one attached hydrogen (secondary N) is 1. The maximum atomic E-state index is 12.5. The Hall–Kier alpha value is -3.52. The van der Waals surface area contributed by atoms with Crippen molar-refractivity contribution in [3.63, 3.8) is 0 Å². The van der Waals surface area contributed by atoms with Crippen molar-refractivity contribution in [2.24, 2.45) is 0 Å². The standard InChI is InChI=1S/C19H16ClN7O/c1-26(19(28)13-4-3-9-21-11-13)12-18-24-23-17-8-7-16(25-27(17)18)22-15-6-2-5-14(20)10-15/h2-11H,12H2,1H3,(H,22,25). The fourth-order valence-corrected chi connectivity index (χ4v) is 2.90. The largest absolute Gasteiger partial charge is 0.339 e. The van der Waals surface area contributed by atoms with Crippen LogP contribution in [0.4, 0.5) is 11.5 Å². The second-order valence-corrected chi connectivity index (χ2v) is 6.58. The fraction of sp³-hybridized carbons (Fsp3) is 0.105. The van der Waals surface area contributed by atoms with E-state index in [1.165, 1.54) is 6.20 Å². The number of fused-ring (bicyclic) bond motifs is 1. The number of carbonyl (C=O) groups is 1. The van der Waals surface area contributed by atoms with E-state index in [2.05, 4.69) is 25.6 Å². The summed E-state index contributed by atoms with van der Waals surface area (Å²) in [6, 6.07) is 14.4. The third kappa shape index (κ3) is 3.77. The molecule has 0 unspecified atom stereocenters. The van der Waals surface area contributed by atoms with Gasteiger partial charge < -0.3 is 10.2 Å². The minimum absolute atomic E-state index is 0.155. The molecule has 4 aromatic rings. The molecule has 140 valence electrons. The molecule has 0 aliphatic heterocycles. The van der Waals surface area contributed by atoms with Gasteiger partial charge in [0.05, 0.1) is 12.1 Å². The minimum atomic E-state index is -0.155. The predicted octanol–water partition coefficient (Wildman–Crippen LogP) is 3.19. The summed E-state index contributed by atoms with van der Waals surface area (Å²) in [7, 11) is 1.70. The molecule has 28 heavy (non-hydrogen) atoms. The highest BCUT2D eigenvalue weighted by atomic mass is 35.5. The lowest BCUT2D eigenvalue weighted by molar-refractivity contribution is 0.0780. The van der Waals surface area contributed by atoms with E-state index in [1.54, 1.807) is 59.1 Å². The number of nitrogens with zero attached hydrogens (tertiary/aromatic N) is 6. The van der Waals surface area contributed by atoms with Crippen molar-refractivity contribution in [3.8, 4) is 0 Å². The molecule has 4 rings (SSSR count). The molecule has 0 spiro atoms. The molecule has 0 saturated heterocycles. The second-order valence-electron chi connectivity index (χ2n) is 6.14. The molecule has 0 atom stereocenters. The van der Waals surface area contributed by atoms with Crippen LogP contribution in [-0.4, -0.2) is 42.7 Å². The monoisotopic (exact) mass is 393 g/mol. The Bertz CT molecular complexity index is 1130. The van der Waals surface area contributed by atoms with Crippen molar-refractivity contribution in [1.29, 1.82) is 0 Å². The van der Waals surface area contributed by atoms with Gasteiger partial charge in [-0.3, -0.25) is 9.78 Å². The van der Waals surface area contributed by atoms with E-state index in [0.717, 1.165) is 5.69 Å². The minimum Gasteiger partial charge on any atom is -0.339 e. The second kappa shape index (κ2) is 7.61. The molecule has 9 heteroatoms. The van der Waals surface area contributed by atoms with Gasteiger partial charge in [-0.25, -0.2) is 0 Å². The molecule has 1 aromatic carbocycles. The Morgan fingerprint density at radius 2 is 2.07 bits per heavy atom. The summed E-state index contributed by atoms with van der Waals surface area (Å²) < 4.78 is 1.61. The van der Waals surface area contributed by atoms with Crippen LogP contribution in [0.5, 0.6) is 0 Å². The molecule has 3 heterocycles. The molecule has 0 aliphatic carbocycles. The van der Waals surface area contributed by atoms with Crippen LogP contribution in [-0.2, 0) is 6.54 Å². The summed E-state index contributed by atoms with van der Waals surface area (Å²) in [5.74, 6) is 1.000. The lowest BCUT2D eigenvalue weighted by atomic mass is 10.2. The SMILES string of the molecule is CN(Cc1nnc2ccc(Nc3cccc(Cl)c3)nn12)C(=O)c1cccnc1. The van der Waals surface area contributed by atoms with Crippen molar-refractivity contribution in [1.82, 2.24) is 29.7 Å². The van der Waals surface area contributed by atoms with E-state index in [0.29, 0.717) is 27.9 Å². The number of hydrogen-bond donors (Lipinski definition) is 1. The van der Waals surface area contributed by atoms with Gasteiger partial charge in [0.25, 0.3) is 5.91 Å². The maximum Gasteiger partial charge on any atom is 0.255 e. The van der Waals surface area contributed by atoms with Crippen LogP contribution < -0.4 is 5.32 Å². The number of hydrogen-bond acceptors (Lipinski definition) is 6. The van der Waals surface area contributed by atoms with E-state index in [-0.39, 0.29) is 12.5 Å². The molecule has 8 nitrogen and oxygen atoms in total. The third-order valence-electron chi connectivity index (χ3n) is 4.06. The maximum absolute atomic E-state index is 12.5. The Kier molecular flexibility index (Phi) is 4.86. The van der Waals surface area contributed by atoms with Crippen LogP contribution in [0.3, 0.4) is 0 Å². The summed E-state index contributed by atoms with van der Waals surface area (Å²) >= 11 is 6.02. The fourth-order valence-electron chi connectivity index (χ4n) is 2.71. The van der Waals surface area contributed by atoms with Gasteiger partial charge in [-0.05, 0) is 42.5 Å². The van der Waals surface area contributed by atoms with Gasteiger partial charge in [0.15, 0.2) is 17.3 Å². The number of pyridine rings is 1. The van der Waals surface area contributed by atoms with Crippen molar-refractivity contribution in [3.05, 3.63) is 77.3 Å². The highest BCUT2D eigenvalue weighted by Gasteiger charge is 2.16. The summed E-state index contributed by atoms with van der Waals surface area (Å²) in [5, 5.41) is 16.6. The highest BCUT2D eigenvalue weighted by Crippen LogP contribution is 2.19. The van der Waals surface area contributed by atoms with Crippen molar-refractivity contribution < 1.29 is 4.79 Å². The van der Waals surface area contributed by atoms with E-state index >= 15 is 0 Å². The van der Waals surface area contributed by atoms with E-state index < -0.39 is 0 Å². The van der Waals surface area contributed by atoms with Crippen LogP contribution in [0.25, 0.3) is 5.65 Å². The highest BCUT2D eigenvalue weighted by molar-refractivity contribution is 6.30. The number of anilines is 2. The topological polar surface area (TPSA) is 88.3 Å². The molecule has 3 aromatic heterocycles. The molecule has 0 radical (unpaired) electrons. The summed E-state index contributed by atoms with van der Waals surface area (Å²) in [4.78, 5) is 18.1. The Morgan fingerprint density at radius 1 is 1.18 bits per heavy atom. The Balaban J connectivity index is 1.57. The zero-order chi connectivity index (χ0) is 19.5. The molecule has 0 aliphatic rings. The first kappa shape index (κ1) is 17.9. The molecule has 0 fully saturated rings. The van der Waals surface area contributed by atoms with E-state index in [1.807, 2.05) is 12.1 Å². The van der Waals surface area contributed by atoms with E-state index in [4.69, 9.17) is 11.6 Å². The van der Waals surface area contributed by atoms with Gasteiger partial charge in [-0.1, -0.05) is 17.7 Å². The van der Waals surface area contributed by atoms with Crippen LogP contribution in [0.2, 0.25) is 5.02 Å².